The lowest BCUT2D eigenvalue weighted by Crippen LogP contribution is -1.95. The van der Waals surface area contributed by atoms with Crippen molar-refractivity contribution < 1.29 is 18.3 Å². The van der Waals surface area contributed by atoms with Crippen LogP contribution in [0, 0.1) is 0 Å². The van der Waals surface area contributed by atoms with Crippen molar-refractivity contribution in [3.05, 3.63) is 34.6 Å². The third-order valence-electron chi connectivity index (χ3n) is 1.99. The maximum absolute atomic E-state index is 10.3. The molecule has 0 radical (unpaired) electrons. The highest BCUT2D eigenvalue weighted by atomic mass is 32.2. The number of allylic oxidation sites excluding steroid dienone is 3. The monoisotopic (exact) mass is 258 g/mol. The smallest absolute Gasteiger partial charge is 0.330 e. The first kappa shape index (κ1) is 15.6. The van der Waals surface area contributed by atoms with Crippen LogP contribution in [-0.4, -0.2) is 19.5 Å². The van der Waals surface area contributed by atoms with Gasteiger partial charge in [-0.15, -0.1) is 0 Å². The first-order valence-corrected chi connectivity index (χ1v) is 7.00. The van der Waals surface area contributed by atoms with Crippen LogP contribution in [0.3, 0.4) is 0 Å². The van der Waals surface area contributed by atoms with Gasteiger partial charge in [0.15, 0.2) is 9.84 Å². The summed E-state index contributed by atoms with van der Waals surface area (Å²) in [6.07, 6.45) is 7.83. The molecular weight excluding hydrogens is 240 g/mol. The molecule has 0 atom stereocenters. The molecule has 0 fully saturated rings. The molecule has 0 unspecified atom stereocenters. The number of rotatable bonds is 4. The van der Waals surface area contributed by atoms with E-state index in [9.17, 15) is 13.2 Å². The van der Waals surface area contributed by atoms with Crippen LogP contribution in [0.25, 0.3) is 0 Å². The van der Waals surface area contributed by atoms with Crippen molar-refractivity contribution in [3.8, 4) is 0 Å². The highest BCUT2D eigenvalue weighted by Crippen LogP contribution is 2.01. The number of sulfone groups is 1. The molecule has 17 heavy (non-hydrogen) atoms. The summed E-state index contributed by atoms with van der Waals surface area (Å²) in [5.74, 6) is -0.809. The Morgan fingerprint density at radius 3 is 2.12 bits per heavy atom. The van der Waals surface area contributed by atoms with Crippen molar-refractivity contribution in [2.45, 2.75) is 33.1 Å². The predicted octanol–water partition coefficient (Wildman–Crippen LogP) is 2.65. The molecule has 0 aromatic carbocycles. The summed E-state index contributed by atoms with van der Waals surface area (Å²) in [6, 6.07) is 0. The van der Waals surface area contributed by atoms with Gasteiger partial charge in [0.05, 0.1) is 0 Å². The van der Waals surface area contributed by atoms with Gasteiger partial charge in [0.1, 0.15) is 0 Å². The number of hydrogen-bond acceptors (Lipinski definition) is 3. The molecular formula is C12H18O4S. The summed E-state index contributed by atoms with van der Waals surface area (Å²) in [4.78, 5) is 10.2. The van der Waals surface area contributed by atoms with E-state index < -0.39 is 15.8 Å². The molecule has 0 aliphatic carbocycles. The second kappa shape index (κ2) is 7.84. The first-order chi connectivity index (χ1) is 7.89. The van der Waals surface area contributed by atoms with Gasteiger partial charge in [0.25, 0.3) is 0 Å². The van der Waals surface area contributed by atoms with Crippen LogP contribution in [0.15, 0.2) is 34.6 Å². The van der Waals surface area contributed by atoms with Gasteiger partial charge in [0, 0.05) is 16.4 Å². The summed E-state index contributed by atoms with van der Waals surface area (Å²) in [6.45, 7) is 3.71. The van der Waals surface area contributed by atoms with Gasteiger partial charge in [0.2, 0.25) is 0 Å². The van der Waals surface area contributed by atoms with Crippen molar-refractivity contribution in [1.29, 1.82) is 0 Å². The van der Waals surface area contributed by atoms with Gasteiger partial charge >= 0.3 is 5.97 Å². The number of unbranched alkanes of at least 4 members (excludes halogenated alkanes) is 2. The SMILES string of the molecule is CCCCC=C(C)C(=O)O.O=S1(=O)C=CC=C1. The molecule has 1 N–H and O–H groups in total. The van der Waals surface area contributed by atoms with Gasteiger partial charge in [-0.25, -0.2) is 13.2 Å². The Morgan fingerprint density at radius 2 is 1.82 bits per heavy atom. The zero-order chi connectivity index (χ0) is 13.3. The molecule has 1 heterocycles. The largest absolute Gasteiger partial charge is 0.478 e. The second-order valence-electron chi connectivity index (χ2n) is 3.58. The Morgan fingerprint density at radius 1 is 1.29 bits per heavy atom. The van der Waals surface area contributed by atoms with Crippen LogP contribution in [-0.2, 0) is 14.6 Å². The Balaban J connectivity index is 0.000000318. The average Bonchev–Trinajstić information content (AvgIpc) is 2.64. The number of aliphatic carboxylic acids is 1. The quantitative estimate of drug-likeness (QED) is 0.621. The normalized spacial score (nSPS) is 16.5. The van der Waals surface area contributed by atoms with Gasteiger partial charge in [-0.1, -0.05) is 25.8 Å². The highest BCUT2D eigenvalue weighted by Gasteiger charge is 2.00. The summed E-state index contributed by atoms with van der Waals surface area (Å²) in [5.41, 5.74) is 0.452. The fourth-order valence-electron chi connectivity index (χ4n) is 0.965. The lowest BCUT2D eigenvalue weighted by Gasteiger charge is -1.91. The first-order valence-electron chi connectivity index (χ1n) is 5.39. The predicted molar refractivity (Wildman–Crippen MR) is 68.1 cm³/mol. The molecule has 0 bridgehead atoms. The minimum absolute atomic E-state index is 0.452. The van der Waals surface area contributed by atoms with Crippen LogP contribution in [0.2, 0.25) is 0 Å². The van der Waals surface area contributed by atoms with E-state index in [0.717, 1.165) is 30.1 Å². The maximum atomic E-state index is 10.3. The van der Waals surface area contributed by atoms with E-state index in [-0.39, 0.29) is 0 Å². The topological polar surface area (TPSA) is 71.4 Å². The molecule has 96 valence electrons. The molecule has 0 saturated carbocycles. The molecule has 1 aliphatic heterocycles. The van der Waals surface area contributed by atoms with Crippen molar-refractivity contribution in [2.24, 2.45) is 0 Å². The summed E-state index contributed by atoms with van der Waals surface area (Å²) >= 11 is 0. The highest BCUT2D eigenvalue weighted by molar-refractivity contribution is 7.97. The van der Waals surface area contributed by atoms with Crippen LogP contribution >= 0.6 is 0 Å². The Hall–Kier alpha value is -1.36. The minimum Gasteiger partial charge on any atom is -0.478 e. The number of carboxylic acids is 1. The van der Waals surface area contributed by atoms with E-state index in [4.69, 9.17) is 5.11 Å². The van der Waals surface area contributed by atoms with E-state index in [2.05, 4.69) is 6.92 Å². The third-order valence-corrected chi connectivity index (χ3v) is 3.07. The molecule has 5 heteroatoms. The standard InChI is InChI=1S/C8H14O2.C4H4O2S/c1-3-4-5-6-7(2)8(9)10;5-7(6)3-1-2-4-7/h6H,3-5H2,1-2H3,(H,9,10);1-4H. The minimum atomic E-state index is -2.91. The fourth-order valence-corrected chi connectivity index (χ4v) is 1.68. The average molecular weight is 258 g/mol. The molecule has 0 aromatic rings. The zero-order valence-corrected chi connectivity index (χ0v) is 10.9. The van der Waals surface area contributed by atoms with Crippen molar-refractivity contribution in [1.82, 2.24) is 0 Å². The van der Waals surface area contributed by atoms with Gasteiger partial charge in [-0.05, 0) is 25.5 Å². The fraction of sp³-hybridized carbons (Fsp3) is 0.417. The van der Waals surface area contributed by atoms with Crippen LogP contribution < -0.4 is 0 Å². The second-order valence-corrected chi connectivity index (χ2v) is 5.30. The van der Waals surface area contributed by atoms with Gasteiger partial charge < -0.3 is 5.11 Å². The van der Waals surface area contributed by atoms with E-state index in [0.29, 0.717) is 5.57 Å². The molecule has 0 spiro atoms. The van der Waals surface area contributed by atoms with Crippen LogP contribution in [0.4, 0.5) is 0 Å². The summed E-state index contributed by atoms with van der Waals surface area (Å²) < 4.78 is 20.5. The summed E-state index contributed by atoms with van der Waals surface area (Å²) in [5, 5.41) is 10.7. The third kappa shape index (κ3) is 8.45. The molecule has 1 aliphatic rings. The van der Waals surface area contributed by atoms with E-state index in [1.165, 1.54) is 12.2 Å². The van der Waals surface area contributed by atoms with E-state index >= 15 is 0 Å². The van der Waals surface area contributed by atoms with Gasteiger partial charge in [-0.2, -0.15) is 0 Å². The lowest BCUT2D eigenvalue weighted by molar-refractivity contribution is -0.132. The number of hydrogen-bond donors (Lipinski definition) is 1. The van der Waals surface area contributed by atoms with Crippen molar-refractivity contribution in [2.75, 3.05) is 0 Å². The Bertz CT molecular complexity index is 409. The van der Waals surface area contributed by atoms with Crippen LogP contribution in [0.5, 0.6) is 0 Å². The summed E-state index contributed by atoms with van der Waals surface area (Å²) in [7, 11) is -2.91. The zero-order valence-electron chi connectivity index (χ0n) is 10.1. The lowest BCUT2D eigenvalue weighted by atomic mass is 10.2. The molecule has 1 rings (SSSR count). The van der Waals surface area contributed by atoms with E-state index in [1.54, 1.807) is 13.0 Å². The molecule has 0 amide bonds. The van der Waals surface area contributed by atoms with Crippen molar-refractivity contribution in [3.63, 3.8) is 0 Å². The van der Waals surface area contributed by atoms with E-state index in [1.807, 2.05) is 0 Å². The molecule has 0 aromatic heterocycles. The van der Waals surface area contributed by atoms with Gasteiger partial charge in [-0.3, -0.25) is 0 Å². The Kier molecular flexibility index (Phi) is 7.21. The van der Waals surface area contributed by atoms with Crippen LogP contribution in [0.1, 0.15) is 33.1 Å². The van der Waals surface area contributed by atoms with Crippen molar-refractivity contribution >= 4 is 15.8 Å². The Labute approximate surface area is 102 Å². The maximum Gasteiger partial charge on any atom is 0.330 e. The molecule has 0 saturated heterocycles. The number of carboxylic acid groups (broad SMARTS) is 1. The molecule has 4 nitrogen and oxygen atoms in total. The number of carbonyl (C=O) groups is 1.